The van der Waals surface area contributed by atoms with Gasteiger partial charge in [-0.2, -0.15) is 0 Å². The number of carbonyl (C=O) groups is 1. The fourth-order valence-corrected chi connectivity index (χ4v) is 2.56. The van der Waals surface area contributed by atoms with E-state index in [0.29, 0.717) is 17.9 Å². The maximum absolute atomic E-state index is 13.4. The summed E-state index contributed by atoms with van der Waals surface area (Å²) in [5.74, 6) is -0.870. The van der Waals surface area contributed by atoms with Crippen LogP contribution in [0.15, 0.2) is 18.2 Å². The summed E-state index contributed by atoms with van der Waals surface area (Å²) in [4.78, 5) is 11.5. The van der Waals surface area contributed by atoms with Gasteiger partial charge < -0.3 is 10.6 Å². The highest BCUT2D eigenvalue weighted by Gasteiger charge is 2.18. The van der Waals surface area contributed by atoms with Crippen LogP contribution in [0.2, 0.25) is 0 Å². The Morgan fingerprint density at radius 2 is 1.82 bits per heavy atom. The largest absolute Gasteiger partial charge is 0.338 e. The first-order chi connectivity index (χ1) is 10.2. The van der Waals surface area contributed by atoms with Crippen molar-refractivity contribution in [3.8, 4) is 0 Å². The van der Waals surface area contributed by atoms with Gasteiger partial charge in [0.15, 0.2) is 0 Å². The molecule has 0 spiro atoms. The van der Waals surface area contributed by atoms with Crippen molar-refractivity contribution in [3.63, 3.8) is 0 Å². The molecule has 0 aliphatic rings. The Morgan fingerprint density at radius 1 is 1.18 bits per heavy atom. The standard InChI is InChI=1S/C15H22F2N2O2S/c1-15(2,3)22(21)9-8-19-14(20)18-7-6-11-4-5-12(16)10-13(11)17/h4-5,10H,6-9H2,1-3H3,(H2,18,19,20). The highest BCUT2D eigenvalue weighted by Crippen LogP contribution is 2.10. The summed E-state index contributed by atoms with van der Waals surface area (Å²) in [6, 6.07) is 2.96. The number of carbonyl (C=O) groups excluding carboxylic acids is 1. The lowest BCUT2D eigenvalue weighted by Gasteiger charge is -2.17. The molecule has 7 heteroatoms. The Labute approximate surface area is 132 Å². The van der Waals surface area contributed by atoms with Gasteiger partial charge in [-0.1, -0.05) is 6.07 Å². The molecule has 2 N–H and O–H groups in total. The summed E-state index contributed by atoms with van der Waals surface area (Å²) >= 11 is 0. The van der Waals surface area contributed by atoms with E-state index in [-0.39, 0.29) is 17.7 Å². The highest BCUT2D eigenvalue weighted by atomic mass is 32.2. The lowest BCUT2D eigenvalue weighted by atomic mass is 10.1. The van der Waals surface area contributed by atoms with Crippen LogP contribution in [0.25, 0.3) is 0 Å². The Morgan fingerprint density at radius 3 is 2.41 bits per heavy atom. The van der Waals surface area contributed by atoms with Crippen molar-refractivity contribution >= 4 is 16.8 Å². The number of hydrogen-bond donors (Lipinski definition) is 2. The summed E-state index contributed by atoms with van der Waals surface area (Å²) in [7, 11) is -1.02. The second kappa shape index (κ2) is 8.22. The summed E-state index contributed by atoms with van der Waals surface area (Å²) in [5.41, 5.74) is 0.343. The Kier molecular flexibility index (Phi) is 6.93. The van der Waals surface area contributed by atoms with Crippen molar-refractivity contribution in [2.45, 2.75) is 31.9 Å². The lowest BCUT2D eigenvalue weighted by molar-refractivity contribution is 0.241. The Hall–Kier alpha value is -1.50. The van der Waals surface area contributed by atoms with Crippen LogP contribution in [-0.4, -0.2) is 33.8 Å². The molecule has 0 fully saturated rings. The number of nitrogens with one attached hydrogen (secondary N) is 2. The second-order valence-corrected chi connectivity index (χ2v) is 8.15. The summed E-state index contributed by atoms with van der Waals surface area (Å²) in [6.07, 6.45) is 0.271. The number of amides is 2. The van der Waals surface area contributed by atoms with Crippen molar-refractivity contribution in [1.29, 1.82) is 0 Å². The average molecular weight is 332 g/mol. The first kappa shape index (κ1) is 18.5. The molecular weight excluding hydrogens is 310 g/mol. The first-order valence-electron chi connectivity index (χ1n) is 7.04. The van der Waals surface area contributed by atoms with Crippen LogP contribution >= 0.6 is 0 Å². The topological polar surface area (TPSA) is 58.2 Å². The van der Waals surface area contributed by atoms with Gasteiger partial charge in [0.05, 0.1) is 0 Å². The predicted molar refractivity (Wildman–Crippen MR) is 84.2 cm³/mol. The van der Waals surface area contributed by atoms with Crippen LogP contribution in [0.1, 0.15) is 26.3 Å². The van der Waals surface area contributed by atoms with E-state index >= 15 is 0 Å². The molecule has 0 aliphatic heterocycles. The van der Waals surface area contributed by atoms with E-state index in [4.69, 9.17) is 0 Å². The van der Waals surface area contributed by atoms with Gasteiger partial charge in [0, 0.05) is 40.5 Å². The van der Waals surface area contributed by atoms with Crippen LogP contribution in [-0.2, 0) is 17.2 Å². The predicted octanol–water partition coefficient (Wildman–Crippen LogP) is 2.35. The first-order valence-corrected chi connectivity index (χ1v) is 8.36. The summed E-state index contributed by atoms with van der Waals surface area (Å²) in [6.45, 7) is 6.17. The van der Waals surface area contributed by atoms with Crippen LogP contribution < -0.4 is 10.6 Å². The molecule has 1 aromatic rings. The van der Waals surface area contributed by atoms with Crippen molar-refractivity contribution in [1.82, 2.24) is 10.6 Å². The minimum absolute atomic E-state index is 0.233. The molecule has 1 aromatic carbocycles. The number of hydrogen-bond acceptors (Lipinski definition) is 2. The normalized spacial score (nSPS) is 12.8. The van der Waals surface area contributed by atoms with Crippen molar-refractivity contribution < 1.29 is 17.8 Å². The van der Waals surface area contributed by atoms with E-state index in [1.165, 1.54) is 12.1 Å². The van der Waals surface area contributed by atoms with Crippen molar-refractivity contribution in [2.75, 3.05) is 18.8 Å². The molecule has 0 radical (unpaired) electrons. The minimum atomic E-state index is -1.02. The third-order valence-corrected chi connectivity index (χ3v) is 4.89. The third-order valence-electron chi connectivity index (χ3n) is 2.95. The van der Waals surface area contributed by atoms with E-state index in [0.717, 1.165) is 6.07 Å². The Balaban J connectivity index is 2.25. The smallest absolute Gasteiger partial charge is 0.314 e. The molecule has 1 rings (SSSR count). The van der Waals surface area contributed by atoms with Gasteiger partial charge in [-0.3, -0.25) is 4.21 Å². The van der Waals surface area contributed by atoms with Gasteiger partial charge in [-0.25, -0.2) is 13.6 Å². The monoisotopic (exact) mass is 332 g/mol. The van der Waals surface area contributed by atoms with Gasteiger partial charge in [-0.05, 0) is 38.8 Å². The summed E-state index contributed by atoms with van der Waals surface area (Å²) in [5, 5.41) is 5.17. The zero-order valence-corrected chi connectivity index (χ0v) is 13.9. The number of benzene rings is 1. The lowest BCUT2D eigenvalue weighted by Crippen LogP contribution is -2.39. The zero-order valence-electron chi connectivity index (χ0n) is 13.0. The van der Waals surface area contributed by atoms with Crippen molar-refractivity contribution in [3.05, 3.63) is 35.4 Å². The van der Waals surface area contributed by atoms with E-state index in [9.17, 15) is 17.8 Å². The van der Waals surface area contributed by atoms with Crippen LogP contribution in [0.4, 0.5) is 13.6 Å². The maximum atomic E-state index is 13.4. The van der Waals surface area contributed by atoms with Gasteiger partial charge in [-0.15, -0.1) is 0 Å². The molecule has 124 valence electrons. The quantitative estimate of drug-likeness (QED) is 0.840. The van der Waals surface area contributed by atoms with Gasteiger partial charge in [0.2, 0.25) is 0 Å². The molecule has 1 unspecified atom stereocenters. The molecule has 0 aromatic heterocycles. The molecule has 0 aliphatic carbocycles. The molecule has 0 heterocycles. The Bertz CT molecular complexity index is 545. The minimum Gasteiger partial charge on any atom is -0.338 e. The number of rotatable bonds is 6. The van der Waals surface area contributed by atoms with Crippen LogP contribution in [0.5, 0.6) is 0 Å². The molecule has 0 saturated carbocycles. The SMILES string of the molecule is CC(C)(C)S(=O)CCNC(=O)NCCc1ccc(F)cc1F. The fraction of sp³-hybridized carbons (Fsp3) is 0.533. The van der Waals surface area contributed by atoms with Gasteiger partial charge in [0.1, 0.15) is 11.6 Å². The van der Waals surface area contributed by atoms with Gasteiger partial charge >= 0.3 is 6.03 Å². The van der Waals surface area contributed by atoms with E-state index in [2.05, 4.69) is 10.6 Å². The molecule has 0 saturated heterocycles. The fourth-order valence-electron chi connectivity index (χ4n) is 1.66. The summed E-state index contributed by atoms with van der Waals surface area (Å²) < 4.78 is 37.6. The van der Waals surface area contributed by atoms with E-state index < -0.39 is 28.5 Å². The third kappa shape index (κ3) is 6.51. The number of urea groups is 1. The van der Waals surface area contributed by atoms with Crippen LogP contribution in [0.3, 0.4) is 0 Å². The second-order valence-electron chi connectivity index (χ2n) is 5.83. The average Bonchev–Trinajstić information content (AvgIpc) is 2.40. The van der Waals surface area contributed by atoms with E-state index in [1.54, 1.807) is 0 Å². The molecule has 1 atom stereocenters. The maximum Gasteiger partial charge on any atom is 0.314 e. The molecule has 4 nitrogen and oxygen atoms in total. The molecule has 2 amide bonds. The molecule has 22 heavy (non-hydrogen) atoms. The number of halogens is 2. The highest BCUT2D eigenvalue weighted by molar-refractivity contribution is 7.86. The zero-order chi connectivity index (χ0) is 16.8. The van der Waals surface area contributed by atoms with E-state index in [1.807, 2.05) is 20.8 Å². The van der Waals surface area contributed by atoms with Crippen LogP contribution in [0, 0.1) is 11.6 Å². The molecular formula is C15H22F2N2O2S. The van der Waals surface area contributed by atoms with Crippen molar-refractivity contribution in [2.24, 2.45) is 0 Å². The van der Waals surface area contributed by atoms with Gasteiger partial charge in [0.25, 0.3) is 0 Å². The molecule has 0 bridgehead atoms.